The molecular weight excluding hydrogens is 290 g/mol. The Balaban J connectivity index is 2.97. The van der Waals surface area contributed by atoms with Crippen molar-refractivity contribution in [3.63, 3.8) is 0 Å². The Morgan fingerprint density at radius 2 is 1.89 bits per heavy atom. The van der Waals surface area contributed by atoms with E-state index in [1.807, 2.05) is 0 Å². The molecule has 0 aliphatic heterocycles. The third-order valence-electron chi connectivity index (χ3n) is 2.37. The van der Waals surface area contributed by atoms with Gasteiger partial charge in [0.2, 0.25) is 0 Å². The van der Waals surface area contributed by atoms with Crippen molar-refractivity contribution in [2.75, 3.05) is 0 Å². The van der Waals surface area contributed by atoms with E-state index in [0.717, 1.165) is 0 Å². The number of nitrogens with one attached hydrogen (secondary N) is 1. The highest BCUT2D eigenvalue weighted by Gasteiger charge is 2.38. The average Bonchev–Trinajstić information content (AvgIpc) is 2.55. The zero-order chi connectivity index (χ0) is 13.7. The van der Waals surface area contributed by atoms with Gasteiger partial charge in [-0.3, -0.25) is 0 Å². The first-order valence-corrected chi connectivity index (χ1v) is 5.37. The fourth-order valence-electron chi connectivity index (χ4n) is 1.56. The normalized spacial score (nSPS) is 11.8. The molecule has 0 saturated carbocycles. The topological polar surface area (TPSA) is 52.5 Å². The Kier molecular flexibility index (Phi) is 2.92. The van der Waals surface area contributed by atoms with Crippen molar-refractivity contribution in [3.05, 3.63) is 27.0 Å². The van der Waals surface area contributed by atoms with Gasteiger partial charge in [0.05, 0.1) is 15.6 Å². The summed E-state index contributed by atoms with van der Waals surface area (Å²) in [6.45, 7) is 1.57. The third kappa shape index (κ3) is 1.80. The number of aromatic nitrogens is 2. The van der Waals surface area contributed by atoms with Gasteiger partial charge >= 0.3 is 6.18 Å². The number of fused-ring (bicyclic) bond motifs is 1. The molecule has 2 aromatic heterocycles. The molecule has 0 bridgehead atoms. The number of alkyl halides is 3. The molecular formula is C10H4Cl2F3N3. The van der Waals surface area contributed by atoms with Crippen molar-refractivity contribution in [2.24, 2.45) is 0 Å². The second-order valence-electron chi connectivity index (χ2n) is 3.55. The molecule has 0 saturated heterocycles. The van der Waals surface area contributed by atoms with E-state index in [4.69, 9.17) is 28.5 Å². The van der Waals surface area contributed by atoms with Crippen LogP contribution in [0.4, 0.5) is 13.2 Å². The van der Waals surface area contributed by atoms with Gasteiger partial charge in [-0.1, -0.05) is 23.2 Å². The lowest BCUT2D eigenvalue weighted by molar-refractivity contribution is -0.141. The Bertz CT molecular complexity index is 682. The van der Waals surface area contributed by atoms with Crippen LogP contribution in [0.15, 0.2) is 0 Å². The van der Waals surface area contributed by atoms with Crippen molar-refractivity contribution in [2.45, 2.75) is 13.1 Å². The minimum absolute atomic E-state index is 0.0573. The maximum Gasteiger partial charge on any atom is 0.434 e. The van der Waals surface area contributed by atoms with Gasteiger partial charge < -0.3 is 4.98 Å². The quantitative estimate of drug-likeness (QED) is 0.796. The van der Waals surface area contributed by atoms with E-state index in [-0.39, 0.29) is 21.1 Å². The van der Waals surface area contributed by atoms with Crippen LogP contribution >= 0.6 is 23.2 Å². The van der Waals surface area contributed by atoms with E-state index in [0.29, 0.717) is 5.69 Å². The van der Waals surface area contributed by atoms with Crippen molar-refractivity contribution in [1.29, 1.82) is 5.26 Å². The number of halogens is 5. The molecule has 0 fully saturated rings. The minimum atomic E-state index is -4.77. The van der Waals surface area contributed by atoms with E-state index in [9.17, 15) is 13.2 Å². The molecule has 94 valence electrons. The van der Waals surface area contributed by atoms with Gasteiger partial charge in [0.15, 0.2) is 5.69 Å². The van der Waals surface area contributed by atoms with Crippen LogP contribution in [0.5, 0.6) is 0 Å². The number of nitrogens with zero attached hydrogens (tertiary/aromatic N) is 2. The maximum absolute atomic E-state index is 12.8. The number of H-pyrrole nitrogens is 1. The largest absolute Gasteiger partial charge is 0.434 e. The Labute approximate surface area is 109 Å². The first-order chi connectivity index (χ1) is 8.27. The number of rotatable bonds is 0. The van der Waals surface area contributed by atoms with E-state index >= 15 is 0 Å². The summed E-state index contributed by atoms with van der Waals surface area (Å²) in [5, 5.41) is 8.51. The number of pyridine rings is 1. The summed E-state index contributed by atoms with van der Waals surface area (Å²) < 4.78 is 38.3. The summed E-state index contributed by atoms with van der Waals surface area (Å²) in [6, 6.07) is 1.41. The SMILES string of the molecule is Cc1[nH]c2c(Cl)c(C#N)c(C(F)(F)F)nc2c1Cl. The number of nitriles is 1. The highest BCUT2D eigenvalue weighted by molar-refractivity contribution is 6.40. The summed E-state index contributed by atoms with van der Waals surface area (Å²) >= 11 is 11.6. The van der Waals surface area contributed by atoms with Gasteiger partial charge in [0.1, 0.15) is 17.1 Å². The third-order valence-corrected chi connectivity index (χ3v) is 3.21. The van der Waals surface area contributed by atoms with Crippen LogP contribution in [0.2, 0.25) is 10.0 Å². The number of aromatic amines is 1. The van der Waals surface area contributed by atoms with Crippen LogP contribution in [-0.2, 0) is 6.18 Å². The Hall–Kier alpha value is -1.45. The lowest BCUT2D eigenvalue weighted by atomic mass is 10.2. The molecule has 0 aliphatic rings. The fraction of sp³-hybridized carbons (Fsp3) is 0.200. The van der Waals surface area contributed by atoms with E-state index < -0.39 is 17.4 Å². The summed E-state index contributed by atoms with van der Waals surface area (Å²) in [6.07, 6.45) is -4.77. The summed E-state index contributed by atoms with van der Waals surface area (Å²) in [5.41, 5.74) is -1.57. The molecule has 1 N–H and O–H groups in total. The van der Waals surface area contributed by atoms with Crippen LogP contribution < -0.4 is 0 Å². The smallest absolute Gasteiger partial charge is 0.355 e. The fourth-order valence-corrected chi connectivity index (χ4v) is 2.01. The number of hydrogen-bond acceptors (Lipinski definition) is 2. The zero-order valence-electron chi connectivity index (χ0n) is 8.78. The van der Waals surface area contributed by atoms with Crippen molar-refractivity contribution < 1.29 is 13.2 Å². The molecule has 0 spiro atoms. The molecule has 0 atom stereocenters. The highest BCUT2D eigenvalue weighted by atomic mass is 35.5. The van der Waals surface area contributed by atoms with Crippen molar-refractivity contribution in [3.8, 4) is 6.07 Å². The Morgan fingerprint density at radius 1 is 1.28 bits per heavy atom. The van der Waals surface area contributed by atoms with Crippen LogP contribution in [0.25, 0.3) is 11.0 Å². The molecule has 3 nitrogen and oxygen atoms in total. The maximum atomic E-state index is 12.8. The molecule has 0 unspecified atom stereocenters. The van der Waals surface area contributed by atoms with Crippen LogP contribution in [0, 0.1) is 18.3 Å². The molecule has 2 heterocycles. The van der Waals surface area contributed by atoms with Gasteiger partial charge in [0.25, 0.3) is 0 Å². The van der Waals surface area contributed by atoms with Crippen LogP contribution in [0.3, 0.4) is 0 Å². The van der Waals surface area contributed by atoms with Gasteiger partial charge in [-0.05, 0) is 6.92 Å². The molecule has 0 aliphatic carbocycles. The summed E-state index contributed by atoms with van der Waals surface area (Å²) in [4.78, 5) is 6.11. The summed E-state index contributed by atoms with van der Waals surface area (Å²) in [7, 11) is 0. The molecule has 18 heavy (non-hydrogen) atoms. The van der Waals surface area contributed by atoms with Crippen LogP contribution in [-0.4, -0.2) is 9.97 Å². The van der Waals surface area contributed by atoms with Gasteiger partial charge in [0, 0.05) is 5.69 Å². The average molecular weight is 294 g/mol. The molecule has 8 heteroatoms. The minimum Gasteiger partial charge on any atom is -0.355 e. The van der Waals surface area contributed by atoms with Gasteiger partial charge in [-0.2, -0.15) is 18.4 Å². The predicted molar refractivity (Wildman–Crippen MR) is 60.6 cm³/mol. The number of aryl methyl sites for hydroxylation is 1. The Morgan fingerprint density at radius 3 is 2.39 bits per heavy atom. The lowest BCUT2D eigenvalue weighted by Crippen LogP contribution is -2.11. The first kappa shape index (κ1) is 13.0. The second kappa shape index (κ2) is 4.04. The molecule has 2 aromatic rings. The first-order valence-electron chi connectivity index (χ1n) is 4.62. The highest BCUT2D eigenvalue weighted by Crippen LogP contribution is 2.39. The molecule has 0 aromatic carbocycles. The molecule has 2 rings (SSSR count). The van der Waals surface area contributed by atoms with Gasteiger partial charge in [-0.15, -0.1) is 0 Å². The predicted octanol–water partition coefficient (Wildman–Crippen LogP) is 4.07. The van der Waals surface area contributed by atoms with E-state index in [2.05, 4.69) is 9.97 Å². The monoisotopic (exact) mass is 293 g/mol. The lowest BCUT2D eigenvalue weighted by Gasteiger charge is -2.09. The second-order valence-corrected chi connectivity index (χ2v) is 4.30. The van der Waals surface area contributed by atoms with Gasteiger partial charge in [-0.25, -0.2) is 4.98 Å². The van der Waals surface area contributed by atoms with Crippen molar-refractivity contribution >= 4 is 34.2 Å². The van der Waals surface area contributed by atoms with E-state index in [1.54, 1.807) is 6.92 Å². The van der Waals surface area contributed by atoms with Crippen LogP contribution in [0.1, 0.15) is 17.0 Å². The van der Waals surface area contributed by atoms with E-state index in [1.165, 1.54) is 6.07 Å². The zero-order valence-corrected chi connectivity index (χ0v) is 10.3. The molecule has 0 amide bonds. The summed E-state index contributed by atoms with van der Waals surface area (Å²) in [5.74, 6) is 0. The standard InChI is InChI=1S/C10H4Cl2F3N3/c1-3-5(11)7-8(17-3)6(12)4(2-16)9(18-7)10(13,14)15/h17H,1H3. The van der Waals surface area contributed by atoms with Crippen molar-refractivity contribution in [1.82, 2.24) is 9.97 Å². The molecule has 0 radical (unpaired) electrons. The number of hydrogen-bond donors (Lipinski definition) is 1.